The average molecular weight is 288 g/mol. The highest BCUT2D eigenvalue weighted by Crippen LogP contribution is 2.08. The summed E-state index contributed by atoms with van der Waals surface area (Å²) in [5.74, 6) is 0.370. The Balaban J connectivity index is 1.89. The predicted octanol–water partition coefficient (Wildman–Crippen LogP) is 3.71. The molecular formula is C17H18ClNO. The highest BCUT2D eigenvalue weighted by Gasteiger charge is 2.05. The standard InChI is InChI=1S/C17H18ClNO/c1-13-4-2-5-14(10-13)8-9-19-17(20)16-7-3-6-15(11-16)12-18/h2-7,10-11H,8-9,12H2,1H3,(H,19,20). The van der Waals surface area contributed by atoms with Crippen LogP contribution in [0.3, 0.4) is 0 Å². The van der Waals surface area contributed by atoms with Crippen LogP contribution in [0.2, 0.25) is 0 Å². The van der Waals surface area contributed by atoms with Gasteiger partial charge in [-0.05, 0) is 36.6 Å². The van der Waals surface area contributed by atoms with Crippen LogP contribution in [0.15, 0.2) is 48.5 Å². The van der Waals surface area contributed by atoms with Gasteiger partial charge in [0.25, 0.3) is 5.91 Å². The van der Waals surface area contributed by atoms with Gasteiger partial charge in [0.05, 0.1) is 0 Å². The van der Waals surface area contributed by atoms with Crippen molar-refractivity contribution in [2.45, 2.75) is 19.2 Å². The molecule has 1 amide bonds. The molecule has 0 aliphatic heterocycles. The summed E-state index contributed by atoms with van der Waals surface area (Å²) in [5, 5.41) is 2.94. The van der Waals surface area contributed by atoms with Gasteiger partial charge in [-0.2, -0.15) is 0 Å². The summed E-state index contributed by atoms with van der Waals surface area (Å²) in [6, 6.07) is 15.7. The van der Waals surface area contributed by atoms with Crippen LogP contribution in [0, 0.1) is 6.92 Å². The molecule has 0 saturated heterocycles. The first kappa shape index (κ1) is 14.6. The minimum atomic E-state index is -0.0513. The minimum Gasteiger partial charge on any atom is -0.352 e. The fraction of sp³-hybridized carbons (Fsp3) is 0.235. The lowest BCUT2D eigenvalue weighted by Crippen LogP contribution is -2.25. The van der Waals surface area contributed by atoms with Gasteiger partial charge in [0, 0.05) is 18.0 Å². The number of carbonyl (C=O) groups is 1. The van der Waals surface area contributed by atoms with Crippen molar-refractivity contribution in [1.29, 1.82) is 0 Å². The van der Waals surface area contributed by atoms with Crippen LogP contribution in [-0.4, -0.2) is 12.5 Å². The zero-order chi connectivity index (χ0) is 14.4. The van der Waals surface area contributed by atoms with E-state index in [1.165, 1.54) is 11.1 Å². The van der Waals surface area contributed by atoms with Gasteiger partial charge in [0.2, 0.25) is 0 Å². The second kappa shape index (κ2) is 7.11. The number of halogens is 1. The van der Waals surface area contributed by atoms with Crippen molar-refractivity contribution in [1.82, 2.24) is 5.32 Å². The fourth-order valence-electron chi connectivity index (χ4n) is 2.09. The molecule has 2 rings (SSSR count). The summed E-state index contributed by atoms with van der Waals surface area (Å²) in [5.41, 5.74) is 4.09. The lowest BCUT2D eigenvalue weighted by Gasteiger charge is -2.07. The van der Waals surface area contributed by atoms with Gasteiger partial charge in [-0.15, -0.1) is 11.6 Å². The van der Waals surface area contributed by atoms with Gasteiger partial charge in [0.15, 0.2) is 0 Å². The lowest BCUT2D eigenvalue weighted by molar-refractivity contribution is 0.0954. The van der Waals surface area contributed by atoms with Crippen molar-refractivity contribution >= 4 is 17.5 Å². The number of hydrogen-bond donors (Lipinski definition) is 1. The molecular weight excluding hydrogens is 270 g/mol. The molecule has 104 valence electrons. The van der Waals surface area contributed by atoms with E-state index in [9.17, 15) is 4.79 Å². The molecule has 0 aromatic heterocycles. The van der Waals surface area contributed by atoms with Gasteiger partial charge in [-0.1, -0.05) is 42.0 Å². The molecule has 1 N–H and O–H groups in total. The Morgan fingerprint density at radius 3 is 2.60 bits per heavy atom. The largest absolute Gasteiger partial charge is 0.352 e. The number of aryl methyl sites for hydroxylation is 1. The SMILES string of the molecule is Cc1cccc(CCNC(=O)c2cccc(CCl)c2)c1. The molecule has 2 aromatic carbocycles. The quantitative estimate of drug-likeness (QED) is 0.835. The summed E-state index contributed by atoms with van der Waals surface area (Å²) >= 11 is 5.77. The van der Waals surface area contributed by atoms with Crippen molar-refractivity contribution < 1.29 is 4.79 Å². The zero-order valence-corrected chi connectivity index (χ0v) is 12.3. The summed E-state index contributed by atoms with van der Waals surface area (Å²) in [6.07, 6.45) is 0.836. The van der Waals surface area contributed by atoms with Gasteiger partial charge < -0.3 is 5.32 Å². The molecule has 3 heteroatoms. The second-order valence-corrected chi connectivity index (χ2v) is 5.10. The van der Waals surface area contributed by atoms with Crippen LogP contribution in [0.25, 0.3) is 0 Å². The van der Waals surface area contributed by atoms with E-state index in [2.05, 4.69) is 30.4 Å². The van der Waals surface area contributed by atoms with E-state index in [0.29, 0.717) is 18.0 Å². The van der Waals surface area contributed by atoms with Crippen LogP contribution in [0.5, 0.6) is 0 Å². The second-order valence-electron chi connectivity index (χ2n) is 4.83. The molecule has 0 fully saturated rings. The summed E-state index contributed by atoms with van der Waals surface area (Å²) in [7, 11) is 0. The maximum atomic E-state index is 12.0. The number of benzene rings is 2. The Hall–Kier alpha value is -1.80. The van der Waals surface area contributed by atoms with Crippen molar-refractivity contribution in [3.8, 4) is 0 Å². The molecule has 0 atom stereocenters. The highest BCUT2D eigenvalue weighted by molar-refractivity contribution is 6.17. The number of rotatable bonds is 5. The van der Waals surface area contributed by atoms with Crippen molar-refractivity contribution in [2.75, 3.05) is 6.54 Å². The van der Waals surface area contributed by atoms with E-state index in [1.54, 1.807) is 6.07 Å². The predicted molar refractivity (Wildman–Crippen MR) is 83.2 cm³/mol. The van der Waals surface area contributed by atoms with E-state index in [1.807, 2.05) is 24.3 Å². The van der Waals surface area contributed by atoms with Crippen LogP contribution in [0.4, 0.5) is 0 Å². The Kier molecular flexibility index (Phi) is 5.19. The maximum Gasteiger partial charge on any atom is 0.251 e. The first-order chi connectivity index (χ1) is 9.69. The highest BCUT2D eigenvalue weighted by atomic mass is 35.5. The monoisotopic (exact) mass is 287 g/mol. The van der Waals surface area contributed by atoms with E-state index < -0.39 is 0 Å². The third-order valence-corrected chi connectivity index (χ3v) is 3.43. The molecule has 0 aliphatic carbocycles. The third kappa shape index (κ3) is 4.10. The number of nitrogens with one attached hydrogen (secondary N) is 1. The summed E-state index contributed by atoms with van der Waals surface area (Å²) < 4.78 is 0. The van der Waals surface area contributed by atoms with Gasteiger partial charge >= 0.3 is 0 Å². The topological polar surface area (TPSA) is 29.1 Å². The first-order valence-electron chi connectivity index (χ1n) is 6.67. The molecule has 0 bridgehead atoms. The molecule has 0 aliphatic rings. The minimum absolute atomic E-state index is 0.0513. The van der Waals surface area contributed by atoms with Gasteiger partial charge in [0.1, 0.15) is 0 Å². The molecule has 0 saturated carbocycles. The average Bonchev–Trinajstić information content (AvgIpc) is 2.47. The number of amides is 1. The molecule has 20 heavy (non-hydrogen) atoms. The third-order valence-electron chi connectivity index (χ3n) is 3.13. The van der Waals surface area contributed by atoms with Crippen LogP contribution < -0.4 is 5.32 Å². The molecule has 0 heterocycles. The first-order valence-corrected chi connectivity index (χ1v) is 7.21. The molecule has 2 nitrogen and oxygen atoms in total. The lowest BCUT2D eigenvalue weighted by atomic mass is 10.1. The fourth-order valence-corrected chi connectivity index (χ4v) is 2.25. The van der Waals surface area contributed by atoms with Crippen molar-refractivity contribution in [2.24, 2.45) is 0 Å². The number of alkyl halides is 1. The van der Waals surface area contributed by atoms with Gasteiger partial charge in [-0.3, -0.25) is 4.79 Å². The number of hydrogen-bond acceptors (Lipinski definition) is 1. The van der Waals surface area contributed by atoms with Crippen LogP contribution in [0.1, 0.15) is 27.0 Å². The Morgan fingerprint density at radius 2 is 1.85 bits per heavy atom. The molecule has 0 radical (unpaired) electrons. The van der Waals surface area contributed by atoms with Crippen LogP contribution in [-0.2, 0) is 12.3 Å². The summed E-state index contributed by atoms with van der Waals surface area (Å²) in [4.78, 5) is 12.0. The van der Waals surface area contributed by atoms with Crippen molar-refractivity contribution in [3.63, 3.8) is 0 Å². The van der Waals surface area contributed by atoms with Gasteiger partial charge in [-0.25, -0.2) is 0 Å². The molecule has 2 aromatic rings. The van der Waals surface area contributed by atoms with Crippen LogP contribution >= 0.6 is 11.6 Å². The molecule has 0 spiro atoms. The smallest absolute Gasteiger partial charge is 0.251 e. The Bertz CT molecular complexity index is 595. The van der Waals surface area contributed by atoms with E-state index in [0.717, 1.165) is 12.0 Å². The van der Waals surface area contributed by atoms with E-state index in [4.69, 9.17) is 11.6 Å². The number of carbonyl (C=O) groups excluding carboxylic acids is 1. The van der Waals surface area contributed by atoms with E-state index in [-0.39, 0.29) is 5.91 Å². The Labute approximate surface area is 124 Å². The maximum absolute atomic E-state index is 12.0. The Morgan fingerprint density at radius 1 is 1.10 bits per heavy atom. The normalized spacial score (nSPS) is 10.3. The van der Waals surface area contributed by atoms with E-state index >= 15 is 0 Å². The summed E-state index contributed by atoms with van der Waals surface area (Å²) in [6.45, 7) is 2.70. The molecule has 0 unspecified atom stereocenters. The zero-order valence-electron chi connectivity index (χ0n) is 11.5. The van der Waals surface area contributed by atoms with Crippen molar-refractivity contribution in [3.05, 3.63) is 70.8 Å².